The maximum Gasteiger partial charge on any atom is 0.224 e. The van der Waals surface area contributed by atoms with Crippen LogP contribution in [0.3, 0.4) is 0 Å². The van der Waals surface area contributed by atoms with E-state index < -0.39 is 0 Å². The number of methoxy groups -OCH3 is 1. The van der Waals surface area contributed by atoms with Gasteiger partial charge in [-0.3, -0.25) is 9.69 Å². The Labute approximate surface area is 148 Å². The number of rotatable bonds is 7. The highest BCUT2D eigenvalue weighted by Crippen LogP contribution is 2.24. The molecule has 0 aliphatic carbocycles. The van der Waals surface area contributed by atoms with Gasteiger partial charge < -0.3 is 10.1 Å². The van der Waals surface area contributed by atoms with Crippen LogP contribution in [0.1, 0.15) is 24.8 Å². The average molecular weight is 359 g/mol. The Kier molecular flexibility index (Phi) is 7.63. The van der Waals surface area contributed by atoms with Crippen LogP contribution in [-0.4, -0.2) is 44.2 Å². The van der Waals surface area contributed by atoms with Crippen LogP contribution in [0.15, 0.2) is 18.2 Å². The van der Waals surface area contributed by atoms with Gasteiger partial charge >= 0.3 is 0 Å². The van der Waals surface area contributed by atoms with Crippen LogP contribution < -0.4 is 5.32 Å². The minimum absolute atomic E-state index is 0.0640. The van der Waals surface area contributed by atoms with Crippen molar-refractivity contribution in [3.8, 4) is 0 Å². The molecule has 1 heterocycles. The molecular formula is C17H24Cl2N2O2. The monoisotopic (exact) mass is 358 g/mol. The normalized spacial score (nSPS) is 18.8. The van der Waals surface area contributed by atoms with E-state index in [2.05, 4.69) is 10.2 Å². The third-order valence-corrected chi connectivity index (χ3v) is 4.83. The molecule has 1 unspecified atom stereocenters. The number of nitrogens with one attached hydrogen (secondary N) is 1. The second-order valence-electron chi connectivity index (χ2n) is 5.96. The molecule has 1 aromatic rings. The Hall–Kier alpha value is -0.810. The van der Waals surface area contributed by atoms with Gasteiger partial charge in [0, 0.05) is 33.4 Å². The molecule has 1 aromatic carbocycles. The molecule has 1 N–H and O–H groups in total. The van der Waals surface area contributed by atoms with Gasteiger partial charge in [0.25, 0.3) is 0 Å². The second kappa shape index (κ2) is 9.48. The molecule has 1 amide bonds. The van der Waals surface area contributed by atoms with Crippen molar-refractivity contribution in [3.05, 3.63) is 33.8 Å². The number of carbonyl (C=O) groups excluding carboxylic acids is 1. The maximum atomic E-state index is 12.2. The van der Waals surface area contributed by atoms with E-state index in [4.69, 9.17) is 27.9 Å². The molecule has 23 heavy (non-hydrogen) atoms. The van der Waals surface area contributed by atoms with Crippen LogP contribution >= 0.6 is 23.2 Å². The molecule has 1 aliphatic heterocycles. The van der Waals surface area contributed by atoms with Gasteiger partial charge in [-0.15, -0.1) is 0 Å². The lowest BCUT2D eigenvalue weighted by Crippen LogP contribution is -2.43. The predicted octanol–water partition coefficient (Wildman–Crippen LogP) is 3.36. The highest BCUT2D eigenvalue weighted by molar-refractivity contribution is 6.42. The van der Waals surface area contributed by atoms with E-state index in [9.17, 15) is 4.79 Å². The standard InChI is InChI=1S/C17H24Cl2N2O2/c1-23-9-3-7-20-17(22)14-4-2-8-21(12-14)11-13-5-6-15(18)16(19)10-13/h5-6,10,14H,2-4,7-9,11-12H2,1H3,(H,20,22). The molecule has 128 valence electrons. The molecule has 2 rings (SSSR count). The molecule has 0 radical (unpaired) electrons. The van der Waals surface area contributed by atoms with Crippen LogP contribution in [0.25, 0.3) is 0 Å². The molecule has 0 bridgehead atoms. The van der Waals surface area contributed by atoms with Crippen molar-refractivity contribution in [2.75, 3.05) is 33.4 Å². The van der Waals surface area contributed by atoms with Crippen molar-refractivity contribution >= 4 is 29.1 Å². The van der Waals surface area contributed by atoms with Gasteiger partial charge in [-0.25, -0.2) is 0 Å². The van der Waals surface area contributed by atoms with Crippen LogP contribution in [0.5, 0.6) is 0 Å². The molecule has 1 aliphatic rings. The van der Waals surface area contributed by atoms with Crippen LogP contribution in [0.4, 0.5) is 0 Å². The first kappa shape index (κ1) is 18.5. The summed E-state index contributed by atoms with van der Waals surface area (Å²) in [5.41, 5.74) is 1.13. The number of likely N-dealkylation sites (tertiary alicyclic amines) is 1. The van der Waals surface area contributed by atoms with Crippen molar-refractivity contribution in [3.63, 3.8) is 0 Å². The number of hydrogen-bond donors (Lipinski definition) is 1. The number of piperidine rings is 1. The fraction of sp³-hybridized carbons (Fsp3) is 0.588. The smallest absolute Gasteiger partial charge is 0.224 e. The SMILES string of the molecule is COCCCNC(=O)C1CCCN(Cc2ccc(Cl)c(Cl)c2)C1. The highest BCUT2D eigenvalue weighted by atomic mass is 35.5. The van der Waals surface area contributed by atoms with Gasteiger partial charge in [0.05, 0.1) is 16.0 Å². The van der Waals surface area contributed by atoms with E-state index in [0.717, 1.165) is 44.5 Å². The third-order valence-electron chi connectivity index (χ3n) is 4.09. The zero-order chi connectivity index (χ0) is 16.7. The van der Waals surface area contributed by atoms with Crippen LogP contribution in [0.2, 0.25) is 10.0 Å². The number of halogens is 2. The van der Waals surface area contributed by atoms with Gasteiger partial charge in [0.1, 0.15) is 0 Å². The van der Waals surface area contributed by atoms with E-state index in [1.165, 1.54) is 0 Å². The summed E-state index contributed by atoms with van der Waals surface area (Å²) in [5, 5.41) is 4.15. The quantitative estimate of drug-likeness (QED) is 0.759. The number of hydrogen-bond acceptors (Lipinski definition) is 3. The van der Waals surface area contributed by atoms with Gasteiger partial charge in [0.15, 0.2) is 0 Å². The van der Waals surface area contributed by atoms with E-state index in [0.29, 0.717) is 23.2 Å². The zero-order valence-corrected chi connectivity index (χ0v) is 15.0. The second-order valence-corrected chi connectivity index (χ2v) is 6.77. The molecule has 1 saturated heterocycles. The first-order valence-electron chi connectivity index (χ1n) is 8.03. The third kappa shape index (κ3) is 5.96. The molecular weight excluding hydrogens is 335 g/mol. The Bertz CT molecular complexity index is 525. The Morgan fingerprint density at radius 3 is 2.96 bits per heavy atom. The van der Waals surface area contributed by atoms with Crippen molar-refractivity contribution in [2.45, 2.75) is 25.8 Å². The zero-order valence-electron chi connectivity index (χ0n) is 13.5. The molecule has 0 saturated carbocycles. The fourth-order valence-electron chi connectivity index (χ4n) is 2.88. The van der Waals surface area contributed by atoms with Gasteiger partial charge in [0.2, 0.25) is 5.91 Å². The summed E-state index contributed by atoms with van der Waals surface area (Å²) < 4.78 is 4.99. The lowest BCUT2D eigenvalue weighted by Gasteiger charge is -2.32. The Morgan fingerprint density at radius 2 is 2.22 bits per heavy atom. The molecule has 1 atom stereocenters. The van der Waals surface area contributed by atoms with Gasteiger partial charge in [-0.2, -0.15) is 0 Å². The first-order valence-corrected chi connectivity index (χ1v) is 8.78. The molecule has 0 spiro atoms. The number of nitrogens with zero attached hydrogens (tertiary/aromatic N) is 1. The average Bonchev–Trinajstić information content (AvgIpc) is 2.55. The van der Waals surface area contributed by atoms with Crippen molar-refractivity contribution < 1.29 is 9.53 Å². The molecule has 1 fully saturated rings. The summed E-state index contributed by atoms with van der Waals surface area (Å²) >= 11 is 12.0. The van der Waals surface area contributed by atoms with Crippen molar-refractivity contribution in [2.24, 2.45) is 5.92 Å². The lowest BCUT2D eigenvalue weighted by atomic mass is 9.96. The predicted molar refractivity (Wildman–Crippen MR) is 94.0 cm³/mol. The first-order chi connectivity index (χ1) is 11.1. The summed E-state index contributed by atoms with van der Waals surface area (Å²) in [5.74, 6) is 0.217. The van der Waals surface area contributed by atoms with Gasteiger partial charge in [-0.1, -0.05) is 29.3 Å². The number of amides is 1. The molecule has 4 nitrogen and oxygen atoms in total. The lowest BCUT2D eigenvalue weighted by molar-refractivity contribution is -0.126. The summed E-state index contributed by atoms with van der Waals surface area (Å²) in [6.07, 6.45) is 2.84. The Balaban J connectivity index is 1.82. The fourth-order valence-corrected chi connectivity index (χ4v) is 3.20. The summed E-state index contributed by atoms with van der Waals surface area (Å²) in [6, 6.07) is 5.71. The van der Waals surface area contributed by atoms with Crippen molar-refractivity contribution in [1.29, 1.82) is 0 Å². The minimum Gasteiger partial charge on any atom is -0.385 e. The maximum absolute atomic E-state index is 12.2. The van der Waals surface area contributed by atoms with Crippen LogP contribution in [-0.2, 0) is 16.1 Å². The largest absolute Gasteiger partial charge is 0.385 e. The summed E-state index contributed by atoms with van der Waals surface area (Å²) in [7, 11) is 1.67. The summed E-state index contributed by atoms with van der Waals surface area (Å²) in [4.78, 5) is 14.5. The van der Waals surface area contributed by atoms with E-state index >= 15 is 0 Å². The summed E-state index contributed by atoms with van der Waals surface area (Å²) in [6.45, 7) is 3.94. The number of ether oxygens (including phenoxy) is 1. The topological polar surface area (TPSA) is 41.6 Å². The van der Waals surface area contributed by atoms with Crippen molar-refractivity contribution in [1.82, 2.24) is 10.2 Å². The van der Waals surface area contributed by atoms with Crippen LogP contribution in [0, 0.1) is 5.92 Å². The van der Waals surface area contributed by atoms with E-state index in [-0.39, 0.29) is 11.8 Å². The molecule has 0 aromatic heterocycles. The van der Waals surface area contributed by atoms with E-state index in [1.807, 2.05) is 18.2 Å². The number of benzene rings is 1. The number of carbonyl (C=O) groups is 1. The van der Waals surface area contributed by atoms with Gasteiger partial charge in [-0.05, 0) is 43.5 Å². The Morgan fingerprint density at radius 1 is 1.39 bits per heavy atom. The molecule has 6 heteroatoms. The van der Waals surface area contributed by atoms with E-state index in [1.54, 1.807) is 7.11 Å². The highest BCUT2D eigenvalue weighted by Gasteiger charge is 2.25. The minimum atomic E-state index is 0.0640.